The molecule has 2 aliphatic rings. The van der Waals surface area contributed by atoms with Gasteiger partial charge in [0.25, 0.3) is 0 Å². The van der Waals surface area contributed by atoms with Gasteiger partial charge in [-0.25, -0.2) is 9.59 Å². The molecule has 0 saturated carbocycles. The number of ether oxygens (including phenoxy) is 1. The summed E-state index contributed by atoms with van der Waals surface area (Å²) in [6.07, 6.45) is 4.93. The van der Waals surface area contributed by atoms with E-state index >= 15 is 0 Å². The fourth-order valence-electron chi connectivity index (χ4n) is 3.59. The van der Waals surface area contributed by atoms with E-state index in [9.17, 15) is 19.8 Å². The van der Waals surface area contributed by atoms with Crippen molar-refractivity contribution < 1.29 is 24.5 Å². The molecule has 5 heteroatoms. The summed E-state index contributed by atoms with van der Waals surface area (Å²) in [6, 6.07) is 0. The lowest BCUT2D eigenvalue weighted by Gasteiger charge is -2.29. The molecule has 23 heavy (non-hydrogen) atoms. The topological polar surface area (TPSA) is 83.8 Å². The number of hydrogen-bond acceptors (Lipinski definition) is 4. The summed E-state index contributed by atoms with van der Waals surface area (Å²) < 4.78 is 5.33. The highest BCUT2D eigenvalue weighted by Gasteiger charge is 2.38. The number of aliphatic hydroxyl groups is 1. The van der Waals surface area contributed by atoms with Crippen molar-refractivity contribution in [3.8, 4) is 0 Å². The van der Waals surface area contributed by atoms with E-state index in [1.165, 1.54) is 0 Å². The Hall–Kier alpha value is -1.62. The summed E-state index contributed by atoms with van der Waals surface area (Å²) >= 11 is 0. The summed E-state index contributed by atoms with van der Waals surface area (Å²) in [5.41, 5.74) is 2.50. The highest BCUT2D eigenvalue weighted by molar-refractivity contribution is 6.02. The van der Waals surface area contributed by atoms with Crippen molar-refractivity contribution in [2.45, 2.75) is 52.4 Å². The van der Waals surface area contributed by atoms with Gasteiger partial charge in [0.1, 0.15) is 6.61 Å². The Morgan fingerprint density at radius 2 is 1.87 bits per heavy atom. The quantitative estimate of drug-likeness (QED) is 0.530. The average molecular weight is 322 g/mol. The van der Waals surface area contributed by atoms with Gasteiger partial charge in [0, 0.05) is 5.57 Å². The maximum atomic E-state index is 12.2. The normalized spacial score (nSPS) is 24.0. The number of esters is 1. The molecule has 2 N–H and O–H groups in total. The van der Waals surface area contributed by atoms with E-state index in [1.807, 2.05) is 6.92 Å². The molecule has 0 aromatic carbocycles. The predicted molar refractivity (Wildman–Crippen MR) is 85.8 cm³/mol. The number of hydrogen-bond donors (Lipinski definition) is 2. The van der Waals surface area contributed by atoms with Gasteiger partial charge in [-0.05, 0) is 48.7 Å². The minimum atomic E-state index is -1.01. The second kappa shape index (κ2) is 7.77. The lowest BCUT2D eigenvalue weighted by Crippen LogP contribution is -2.30. The van der Waals surface area contributed by atoms with Gasteiger partial charge in [-0.15, -0.1) is 0 Å². The van der Waals surface area contributed by atoms with Crippen LogP contribution >= 0.6 is 0 Å². The molecular formula is C18H26O5. The number of carboxylic acid groups (broad SMARTS) is 1. The van der Waals surface area contributed by atoms with Crippen LogP contribution < -0.4 is 0 Å². The largest absolute Gasteiger partial charge is 0.478 e. The fraction of sp³-hybridized carbons (Fsp3) is 0.667. The van der Waals surface area contributed by atoms with E-state index in [0.717, 1.165) is 43.3 Å². The number of carbonyl (C=O) groups excluding carboxylic acids is 1. The van der Waals surface area contributed by atoms with Crippen molar-refractivity contribution >= 4 is 11.9 Å². The van der Waals surface area contributed by atoms with E-state index in [4.69, 9.17) is 4.74 Å². The van der Waals surface area contributed by atoms with Crippen LogP contribution in [0.2, 0.25) is 0 Å². The lowest BCUT2D eigenvalue weighted by molar-refractivity contribution is -0.141. The number of rotatable bonds is 8. The highest BCUT2D eigenvalue weighted by Crippen LogP contribution is 2.39. The SMILES string of the molecule is CCCC1CC(C(=O)OCC2=C(CO)C[C@@H](CC)C2)=C1C(=O)O. The second-order valence-electron chi connectivity index (χ2n) is 6.51. The standard InChI is InChI=1S/C18H26O5/c1-3-5-12-8-15(16(12)17(20)21)18(22)23-10-14-7-11(4-2)6-13(14)9-19/h11-12,19H,3-10H2,1-2H3,(H,20,21)/t11-,12?/m1/s1. The minimum Gasteiger partial charge on any atom is -0.478 e. The van der Waals surface area contributed by atoms with Crippen LogP contribution in [0.5, 0.6) is 0 Å². The highest BCUT2D eigenvalue weighted by atomic mass is 16.5. The van der Waals surface area contributed by atoms with Gasteiger partial charge in [-0.3, -0.25) is 0 Å². The molecule has 128 valence electrons. The molecule has 0 bridgehead atoms. The zero-order chi connectivity index (χ0) is 17.0. The van der Waals surface area contributed by atoms with Crippen molar-refractivity contribution in [1.82, 2.24) is 0 Å². The van der Waals surface area contributed by atoms with Gasteiger partial charge in [0.15, 0.2) is 0 Å². The van der Waals surface area contributed by atoms with E-state index in [2.05, 4.69) is 6.92 Å². The maximum Gasteiger partial charge on any atom is 0.334 e. The Labute approximate surface area is 137 Å². The Morgan fingerprint density at radius 1 is 1.17 bits per heavy atom. The van der Waals surface area contributed by atoms with Crippen LogP contribution in [-0.4, -0.2) is 35.4 Å². The van der Waals surface area contributed by atoms with Gasteiger partial charge in [-0.2, -0.15) is 0 Å². The lowest BCUT2D eigenvalue weighted by atomic mass is 9.75. The molecule has 1 unspecified atom stereocenters. The maximum absolute atomic E-state index is 12.2. The third-order valence-electron chi connectivity index (χ3n) is 5.01. The van der Waals surface area contributed by atoms with Gasteiger partial charge < -0.3 is 14.9 Å². The fourth-order valence-corrected chi connectivity index (χ4v) is 3.59. The third kappa shape index (κ3) is 3.83. The van der Waals surface area contributed by atoms with Crippen LogP contribution in [0.3, 0.4) is 0 Å². The molecule has 0 fully saturated rings. The molecule has 0 aromatic heterocycles. The van der Waals surface area contributed by atoms with Crippen LogP contribution in [-0.2, 0) is 14.3 Å². The van der Waals surface area contributed by atoms with Crippen molar-refractivity contribution in [2.24, 2.45) is 11.8 Å². The number of carboxylic acids is 1. The molecule has 0 aromatic rings. The smallest absolute Gasteiger partial charge is 0.334 e. The predicted octanol–water partition coefficient (Wildman–Crippen LogP) is 2.84. The monoisotopic (exact) mass is 322 g/mol. The van der Waals surface area contributed by atoms with Gasteiger partial charge in [-0.1, -0.05) is 26.7 Å². The van der Waals surface area contributed by atoms with Gasteiger partial charge in [0.2, 0.25) is 0 Å². The van der Waals surface area contributed by atoms with Crippen molar-refractivity contribution in [2.75, 3.05) is 13.2 Å². The molecule has 2 aliphatic carbocycles. The Bertz CT molecular complexity index is 544. The molecule has 2 rings (SSSR count). The molecule has 0 saturated heterocycles. The van der Waals surface area contributed by atoms with Crippen LogP contribution in [0.15, 0.2) is 22.3 Å². The summed E-state index contributed by atoms with van der Waals surface area (Å²) in [5, 5.41) is 18.7. The Balaban J connectivity index is 1.98. The van der Waals surface area contributed by atoms with Crippen LogP contribution in [0.25, 0.3) is 0 Å². The van der Waals surface area contributed by atoms with E-state index in [-0.39, 0.29) is 24.7 Å². The summed E-state index contributed by atoms with van der Waals surface area (Å²) in [4.78, 5) is 23.5. The first-order chi connectivity index (χ1) is 11.0. The molecule has 0 heterocycles. The molecule has 2 atom stereocenters. The van der Waals surface area contributed by atoms with E-state index in [0.29, 0.717) is 17.9 Å². The molecule has 0 amide bonds. The first-order valence-corrected chi connectivity index (χ1v) is 8.45. The molecule has 0 radical (unpaired) electrons. The molecule has 0 spiro atoms. The summed E-state index contributed by atoms with van der Waals surface area (Å²) in [7, 11) is 0. The first kappa shape index (κ1) is 17.7. The molecule has 0 aliphatic heterocycles. The van der Waals surface area contributed by atoms with Crippen molar-refractivity contribution in [1.29, 1.82) is 0 Å². The van der Waals surface area contributed by atoms with Crippen LogP contribution in [0.1, 0.15) is 52.4 Å². The minimum absolute atomic E-state index is 0.00499. The van der Waals surface area contributed by atoms with Crippen LogP contribution in [0.4, 0.5) is 0 Å². The van der Waals surface area contributed by atoms with Crippen LogP contribution in [0, 0.1) is 11.8 Å². The molecule has 5 nitrogen and oxygen atoms in total. The van der Waals surface area contributed by atoms with Crippen molar-refractivity contribution in [3.63, 3.8) is 0 Å². The van der Waals surface area contributed by atoms with Gasteiger partial charge >= 0.3 is 11.9 Å². The number of aliphatic carboxylic acids is 1. The summed E-state index contributed by atoms with van der Waals surface area (Å²) in [6.45, 7) is 4.29. The van der Waals surface area contributed by atoms with E-state index < -0.39 is 11.9 Å². The van der Waals surface area contributed by atoms with Gasteiger partial charge in [0.05, 0.1) is 12.2 Å². The zero-order valence-corrected chi connectivity index (χ0v) is 13.9. The van der Waals surface area contributed by atoms with Crippen molar-refractivity contribution in [3.05, 3.63) is 22.3 Å². The average Bonchev–Trinajstić information content (AvgIpc) is 2.90. The molecular weight excluding hydrogens is 296 g/mol. The third-order valence-corrected chi connectivity index (χ3v) is 5.01. The number of carbonyl (C=O) groups is 2. The zero-order valence-electron chi connectivity index (χ0n) is 13.9. The first-order valence-electron chi connectivity index (χ1n) is 8.45. The number of aliphatic hydroxyl groups excluding tert-OH is 1. The summed E-state index contributed by atoms with van der Waals surface area (Å²) in [5.74, 6) is -1.04. The van der Waals surface area contributed by atoms with E-state index in [1.54, 1.807) is 0 Å². The Morgan fingerprint density at radius 3 is 2.43 bits per heavy atom. The Kier molecular flexibility index (Phi) is 5.99. The second-order valence-corrected chi connectivity index (χ2v) is 6.51.